The van der Waals surface area contributed by atoms with Crippen molar-refractivity contribution in [3.63, 3.8) is 0 Å². The summed E-state index contributed by atoms with van der Waals surface area (Å²) in [4.78, 5) is 12.3. The minimum absolute atomic E-state index is 0.102. The molecule has 5 nitrogen and oxygen atoms in total. The van der Waals surface area contributed by atoms with E-state index >= 15 is 0 Å². The van der Waals surface area contributed by atoms with Gasteiger partial charge in [0, 0.05) is 17.1 Å². The molecule has 1 aromatic heterocycles. The maximum Gasteiger partial charge on any atom is 0.231 e. The van der Waals surface area contributed by atoms with Crippen molar-refractivity contribution in [1.82, 2.24) is 20.1 Å². The third-order valence-electron chi connectivity index (χ3n) is 4.33. The van der Waals surface area contributed by atoms with Crippen molar-refractivity contribution in [3.8, 4) is 23.7 Å². The van der Waals surface area contributed by atoms with Gasteiger partial charge < -0.3 is 9.88 Å². The number of amides is 1. The number of benzene rings is 1. The number of nitrogens with one attached hydrogen (secondary N) is 1. The summed E-state index contributed by atoms with van der Waals surface area (Å²) >= 11 is 7.30. The quantitative estimate of drug-likeness (QED) is 0.546. The Morgan fingerprint density at radius 3 is 2.46 bits per heavy atom. The molecule has 0 aliphatic rings. The number of terminal acetylenes is 1. The Kier molecular flexibility index (Phi) is 7.13. The third kappa shape index (κ3) is 4.60. The van der Waals surface area contributed by atoms with Crippen LogP contribution in [0.5, 0.6) is 0 Å². The Balaban J connectivity index is 2.10. The minimum atomic E-state index is -0.579. The molecule has 1 N–H and O–H groups in total. The zero-order valence-electron chi connectivity index (χ0n) is 15.3. The fraction of sp³-hybridized carbons (Fsp3) is 0.421. The monoisotopic (exact) mass is 390 g/mol. The lowest BCUT2D eigenvalue weighted by Crippen LogP contribution is -2.47. The number of halogens is 1. The van der Waals surface area contributed by atoms with Gasteiger partial charge in [-0.25, -0.2) is 0 Å². The largest absolute Gasteiger partial charge is 0.339 e. The van der Waals surface area contributed by atoms with Gasteiger partial charge in [-0.1, -0.05) is 43.1 Å². The molecular weight excluding hydrogens is 368 g/mol. The number of hydrogen-bond donors (Lipinski definition) is 1. The van der Waals surface area contributed by atoms with E-state index in [1.807, 2.05) is 49.6 Å². The third-order valence-corrected chi connectivity index (χ3v) is 5.55. The van der Waals surface area contributed by atoms with Gasteiger partial charge in [0.1, 0.15) is 5.54 Å². The molecule has 0 aliphatic carbocycles. The average Bonchev–Trinajstić information content (AvgIpc) is 3.08. The summed E-state index contributed by atoms with van der Waals surface area (Å²) < 4.78 is 1.98. The van der Waals surface area contributed by atoms with E-state index in [0.29, 0.717) is 29.6 Å². The molecule has 138 valence electrons. The predicted molar refractivity (Wildman–Crippen MR) is 107 cm³/mol. The molecule has 2 aromatic rings. The van der Waals surface area contributed by atoms with Crippen LogP contribution in [-0.2, 0) is 11.3 Å². The molecular formula is C19H23ClN4OS. The van der Waals surface area contributed by atoms with Gasteiger partial charge in [-0.3, -0.25) is 4.79 Å². The molecule has 1 heterocycles. The van der Waals surface area contributed by atoms with Crippen LogP contribution in [0.25, 0.3) is 11.4 Å². The Morgan fingerprint density at radius 2 is 1.92 bits per heavy atom. The summed E-state index contributed by atoms with van der Waals surface area (Å²) in [5.74, 6) is 3.60. The number of nitrogens with zero attached hydrogens (tertiary/aromatic N) is 3. The number of thioether (sulfide) groups is 1. The van der Waals surface area contributed by atoms with Gasteiger partial charge >= 0.3 is 0 Å². The second-order valence-electron chi connectivity index (χ2n) is 5.83. The molecule has 0 saturated heterocycles. The van der Waals surface area contributed by atoms with Crippen molar-refractivity contribution in [3.05, 3.63) is 29.3 Å². The Bertz CT molecular complexity index is 791. The molecule has 1 aromatic carbocycles. The van der Waals surface area contributed by atoms with Crippen LogP contribution in [0, 0.1) is 12.3 Å². The van der Waals surface area contributed by atoms with Crippen LogP contribution >= 0.6 is 23.4 Å². The maximum absolute atomic E-state index is 12.3. The van der Waals surface area contributed by atoms with Crippen LogP contribution in [0.1, 0.15) is 33.6 Å². The summed E-state index contributed by atoms with van der Waals surface area (Å²) in [5, 5.41) is 12.8. The van der Waals surface area contributed by atoms with Gasteiger partial charge in [0.15, 0.2) is 11.0 Å². The Labute approximate surface area is 163 Å². The first kappa shape index (κ1) is 20.3. The molecule has 0 unspecified atom stereocenters. The van der Waals surface area contributed by atoms with Crippen LogP contribution in [0.3, 0.4) is 0 Å². The molecule has 0 fully saturated rings. The van der Waals surface area contributed by atoms with Gasteiger partial charge in [0.25, 0.3) is 0 Å². The Hall–Kier alpha value is -1.97. The smallest absolute Gasteiger partial charge is 0.231 e. The summed E-state index contributed by atoms with van der Waals surface area (Å²) in [7, 11) is 0. The second-order valence-corrected chi connectivity index (χ2v) is 7.21. The second kappa shape index (κ2) is 9.11. The van der Waals surface area contributed by atoms with E-state index in [0.717, 1.165) is 11.4 Å². The highest BCUT2D eigenvalue weighted by Crippen LogP contribution is 2.25. The number of hydrogen-bond acceptors (Lipinski definition) is 4. The van der Waals surface area contributed by atoms with Gasteiger partial charge in [0.2, 0.25) is 5.91 Å². The van der Waals surface area contributed by atoms with Gasteiger partial charge in [0.05, 0.1) is 5.75 Å². The summed E-state index contributed by atoms with van der Waals surface area (Å²) in [6, 6.07) is 7.45. The topological polar surface area (TPSA) is 59.8 Å². The molecule has 0 atom stereocenters. The lowest BCUT2D eigenvalue weighted by molar-refractivity contribution is -0.119. The molecule has 1 amide bonds. The van der Waals surface area contributed by atoms with E-state index in [4.69, 9.17) is 18.0 Å². The lowest BCUT2D eigenvalue weighted by atomic mass is 9.94. The SMILES string of the molecule is C#CC(CC)(CC)NC(=O)CSc1nnc(-c2ccc(Cl)cc2)n1CC. The minimum Gasteiger partial charge on any atom is -0.339 e. The highest BCUT2D eigenvalue weighted by atomic mass is 35.5. The molecule has 0 radical (unpaired) electrons. The van der Waals surface area contributed by atoms with Crippen molar-refractivity contribution < 1.29 is 4.79 Å². The standard InChI is InChI=1S/C19H23ClN4OS/c1-5-19(6-2,7-3)21-16(25)13-26-18-23-22-17(24(18)8-4)14-9-11-15(20)12-10-14/h1,9-12H,6-8,13H2,2-4H3,(H,21,25). The zero-order chi connectivity index (χ0) is 19.2. The van der Waals surface area contributed by atoms with E-state index in [1.54, 1.807) is 0 Å². The summed E-state index contributed by atoms with van der Waals surface area (Å²) in [6.45, 7) is 6.67. The van der Waals surface area contributed by atoms with Crippen molar-refractivity contribution in [1.29, 1.82) is 0 Å². The fourth-order valence-corrected chi connectivity index (χ4v) is 3.52. The highest BCUT2D eigenvalue weighted by Gasteiger charge is 2.25. The van der Waals surface area contributed by atoms with Crippen LogP contribution in [0.15, 0.2) is 29.4 Å². The van der Waals surface area contributed by atoms with E-state index < -0.39 is 5.54 Å². The molecule has 0 bridgehead atoms. The summed E-state index contributed by atoms with van der Waals surface area (Å²) in [5.41, 5.74) is 0.355. The van der Waals surface area contributed by atoms with E-state index in [9.17, 15) is 4.79 Å². The van der Waals surface area contributed by atoms with Crippen LogP contribution in [0.4, 0.5) is 0 Å². The normalized spacial score (nSPS) is 11.2. The number of rotatable bonds is 8. The van der Waals surface area contributed by atoms with Gasteiger partial charge in [-0.15, -0.1) is 16.6 Å². The number of aromatic nitrogens is 3. The fourth-order valence-electron chi connectivity index (χ4n) is 2.59. The van der Waals surface area contributed by atoms with Crippen molar-refractivity contribution in [2.24, 2.45) is 0 Å². The summed E-state index contributed by atoms with van der Waals surface area (Å²) in [6.07, 6.45) is 6.99. The molecule has 0 spiro atoms. The van der Waals surface area contributed by atoms with Crippen LogP contribution < -0.4 is 5.32 Å². The number of carbonyl (C=O) groups excluding carboxylic acids is 1. The highest BCUT2D eigenvalue weighted by molar-refractivity contribution is 7.99. The van der Waals surface area contributed by atoms with Gasteiger partial charge in [-0.2, -0.15) is 0 Å². The van der Waals surface area contributed by atoms with Crippen molar-refractivity contribution >= 4 is 29.3 Å². The van der Waals surface area contributed by atoms with E-state index in [-0.39, 0.29) is 11.7 Å². The van der Waals surface area contributed by atoms with Crippen molar-refractivity contribution in [2.75, 3.05) is 5.75 Å². The van der Waals surface area contributed by atoms with E-state index in [1.165, 1.54) is 11.8 Å². The van der Waals surface area contributed by atoms with E-state index in [2.05, 4.69) is 21.4 Å². The first-order valence-electron chi connectivity index (χ1n) is 8.59. The number of carbonyl (C=O) groups is 1. The molecule has 26 heavy (non-hydrogen) atoms. The average molecular weight is 391 g/mol. The van der Waals surface area contributed by atoms with Gasteiger partial charge in [-0.05, 0) is 44.0 Å². The van der Waals surface area contributed by atoms with Crippen LogP contribution in [-0.4, -0.2) is 32.0 Å². The molecule has 7 heteroatoms. The lowest BCUT2D eigenvalue weighted by Gasteiger charge is -2.26. The molecule has 0 saturated carbocycles. The Morgan fingerprint density at radius 1 is 1.27 bits per heavy atom. The van der Waals surface area contributed by atoms with Crippen molar-refractivity contribution in [2.45, 2.75) is 50.9 Å². The molecule has 0 aliphatic heterocycles. The predicted octanol–water partition coefficient (Wildman–Crippen LogP) is 4.02. The first-order valence-corrected chi connectivity index (χ1v) is 9.95. The van der Waals surface area contributed by atoms with Crippen LogP contribution in [0.2, 0.25) is 5.02 Å². The maximum atomic E-state index is 12.3. The zero-order valence-corrected chi connectivity index (χ0v) is 16.8. The first-order chi connectivity index (χ1) is 12.5. The molecule has 2 rings (SSSR count).